The standard InChI is InChI=1S/C18H21NO4S/c1-12-9-16(18(23-4)10-13(12)2)11-19-24(21,22)17-7-5-15(6-8-17)14(3)20/h5-10,19H,11H2,1-4H3. The van der Waals surface area contributed by atoms with Gasteiger partial charge in [-0.2, -0.15) is 0 Å². The molecule has 0 heterocycles. The molecule has 2 aromatic carbocycles. The average Bonchev–Trinajstić information content (AvgIpc) is 2.55. The first-order valence-corrected chi connectivity index (χ1v) is 8.97. The molecule has 0 fully saturated rings. The van der Waals surface area contributed by atoms with E-state index < -0.39 is 10.0 Å². The summed E-state index contributed by atoms with van der Waals surface area (Å²) in [5.74, 6) is 0.541. The van der Waals surface area contributed by atoms with Crippen LogP contribution in [0.4, 0.5) is 0 Å². The second-order valence-corrected chi connectivity index (χ2v) is 7.42. The lowest BCUT2D eigenvalue weighted by atomic mass is 10.1. The fraction of sp³-hybridized carbons (Fsp3) is 0.278. The predicted molar refractivity (Wildman–Crippen MR) is 92.9 cm³/mol. The van der Waals surface area contributed by atoms with Crippen LogP contribution in [0.2, 0.25) is 0 Å². The topological polar surface area (TPSA) is 72.5 Å². The predicted octanol–water partition coefficient (Wildman–Crippen LogP) is 2.99. The molecule has 0 aliphatic heterocycles. The van der Waals surface area contributed by atoms with Gasteiger partial charge in [-0.25, -0.2) is 13.1 Å². The second kappa shape index (κ2) is 7.15. The van der Waals surface area contributed by atoms with E-state index in [1.165, 1.54) is 31.2 Å². The average molecular weight is 347 g/mol. The van der Waals surface area contributed by atoms with E-state index in [-0.39, 0.29) is 17.2 Å². The molecule has 0 aromatic heterocycles. The van der Waals surface area contributed by atoms with Crippen molar-refractivity contribution in [1.29, 1.82) is 0 Å². The molecule has 0 saturated carbocycles. The number of ketones is 1. The normalized spacial score (nSPS) is 11.3. The first-order chi connectivity index (χ1) is 11.2. The molecule has 6 heteroatoms. The molecule has 2 rings (SSSR count). The minimum absolute atomic E-state index is 0.105. The molecule has 0 amide bonds. The van der Waals surface area contributed by atoms with Crippen LogP contribution in [0, 0.1) is 13.8 Å². The number of nitrogens with one attached hydrogen (secondary N) is 1. The number of benzene rings is 2. The lowest BCUT2D eigenvalue weighted by Crippen LogP contribution is -2.23. The third-order valence-corrected chi connectivity index (χ3v) is 5.34. The molecular formula is C18H21NO4S. The Labute approximate surface area is 142 Å². The summed E-state index contributed by atoms with van der Waals surface area (Å²) in [5, 5.41) is 0. The number of hydrogen-bond acceptors (Lipinski definition) is 4. The summed E-state index contributed by atoms with van der Waals surface area (Å²) in [6.07, 6.45) is 0. The lowest BCUT2D eigenvalue weighted by Gasteiger charge is -2.13. The smallest absolute Gasteiger partial charge is 0.240 e. The maximum absolute atomic E-state index is 12.4. The highest BCUT2D eigenvalue weighted by atomic mass is 32.2. The highest BCUT2D eigenvalue weighted by Crippen LogP contribution is 2.23. The summed E-state index contributed by atoms with van der Waals surface area (Å²) in [7, 11) is -2.11. The van der Waals surface area contributed by atoms with Gasteiger partial charge in [0, 0.05) is 17.7 Å². The quantitative estimate of drug-likeness (QED) is 0.816. The third-order valence-electron chi connectivity index (χ3n) is 3.92. The number of aryl methyl sites for hydroxylation is 2. The van der Waals surface area contributed by atoms with Crippen LogP contribution < -0.4 is 9.46 Å². The van der Waals surface area contributed by atoms with Gasteiger partial charge in [-0.05, 0) is 50.1 Å². The molecule has 128 valence electrons. The number of sulfonamides is 1. The minimum atomic E-state index is -3.67. The molecule has 0 radical (unpaired) electrons. The maximum Gasteiger partial charge on any atom is 0.240 e. The first kappa shape index (κ1) is 18.2. The number of Topliss-reactive ketones (excluding diaryl/α,β-unsaturated/α-hetero) is 1. The van der Waals surface area contributed by atoms with Gasteiger partial charge in [0.15, 0.2) is 5.78 Å². The molecule has 0 saturated heterocycles. The Balaban J connectivity index is 2.21. The molecular weight excluding hydrogens is 326 g/mol. The van der Waals surface area contributed by atoms with Crippen LogP contribution in [0.3, 0.4) is 0 Å². The van der Waals surface area contributed by atoms with Crippen molar-refractivity contribution in [2.24, 2.45) is 0 Å². The van der Waals surface area contributed by atoms with E-state index in [0.29, 0.717) is 11.3 Å². The zero-order valence-electron chi connectivity index (χ0n) is 14.2. The minimum Gasteiger partial charge on any atom is -0.496 e. The Morgan fingerprint density at radius 3 is 2.21 bits per heavy atom. The largest absolute Gasteiger partial charge is 0.496 e. The molecule has 2 aromatic rings. The lowest BCUT2D eigenvalue weighted by molar-refractivity contribution is 0.101. The van der Waals surface area contributed by atoms with Crippen LogP contribution in [-0.2, 0) is 16.6 Å². The zero-order chi connectivity index (χ0) is 17.9. The van der Waals surface area contributed by atoms with Crippen LogP contribution in [0.1, 0.15) is 34.0 Å². The molecule has 1 N–H and O–H groups in total. The van der Waals surface area contributed by atoms with Crippen molar-refractivity contribution in [3.63, 3.8) is 0 Å². The Morgan fingerprint density at radius 2 is 1.67 bits per heavy atom. The molecule has 0 aliphatic carbocycles. The second-order valence-electron chi connectivity index (χ2n) is 5.65. The van der Waals surface area contributed by atoms with Gasteiger partial charge < -0.3 is 4.74 Å². The van der Waals surface area contributed by atoms with Gasteiger partial charge in [0.1, 0.15) is 5.75 Å². The van der Waals surface area contributed by atoms with E-state index in [4.69, 9.17) is 4.74 Å². The van der Waals surface area contributed by atoms with E-state index >= 15 is 0 Å². The Hall–Kier alpha value is -2.18. The molecule has 0 spiro atoms. The number of hydrogen-bond donors (Lipinski definition) is 1. The van der Waals surface area contributed by atoms with E-state index in [1.54, 1.807) is 7.11 Å². The Kier molecular flexibility index (Phi) is 5.41. The molecule has 0 bridgehead atoms. The van der Waals surface area contributed by atoms with Crippen molar-refractivity contribution >= 4 is 15.8 Å². The monoisotopic (exact) mass is 347 g/mol. The van der Waals surface area contributed by atoms with Crippen molar-refractivity contribution in [2.75, 3.05) is 7.11 Å². The van der Waals surface area contributed by atoms with Gasteiger partial charge in [-0.15, -0.1) is 0 Å². The van der Waals surface area contributed by atoms with Crippen molar-refractivity contribution in [3.05, 3.63) is 58.7 Å². The van der Waals surface area contributed by atoms with Crippen LogP contribution in [0.25, 0.3) is 0 Å². The summed E-state index contributed by atoms with van der Waals surface area (Å²) in [4.78, 5) is 11.4. The third kappa shape index (κ3) is 4.01. The van der Waals surface area contributed by atoms with Crippen LogP contribution >= 0.6 is 0 Å². The van der Waals surface area contributed by atoms with Crippen LogP contribution in [-0.4, -0.2) is 21.3 Å². The Morgan fingerprint density at radius 1 is 1.08 bits per heavy atom. The van der Waals surface area contributed by atoms with Crippen LogP contribution in [0.5, 0.6) is 5.75 Å². The molecule has 0 aliphatic rings. The maximum atomic E-state index is 12.4. The highest BCUT2D eigenvalue weighted by molar-refractivity contribution is 7.89. The van der Waals surface area contributed by atoms with Gasteiger partial charge in [0.2, 0.25) is 10.0 Å². The van der Waals surface area contributed by atoms with E-state index in [2.05, 4.69) is 4.72 Å². The SMILES string of the molecule is COc1cc(C)c(C)cc1CNS(=O)(=O)c1ccc(C(C)=O)cc1. The Bertz CT molecular complexity index is 855. The van der Waals surface area contributed by atoms with Gasteiger partial charge >= 0.3 is 0 Å². The zero-order valence-corrected chi connectivity index (χ0v) is 15.0. The summed E-state index contributed by atoms with van der Waals surface area (Å²) in [6.45, 7) is 5.50. The van der Waals surface area contributed by atoms with E-state index in [0.717, 1.165) is 16.7 Å². The van der Waals surface area contributed by atoms with Crippen LogP contribution in [0.15, 0.2) is 41.3 Å². The number of rotatable bonds is 6. The van der Waals surface area contributed by atoms with E-state index in [1.807, 2.05) is 26.0 Å². The number of carbonyl (C=O) groups is 1. The summed E-state index contributed by atoms with van der Waals surface area (Å²) in [5.41, 5.74) is 3.39. The van der Waals surface area contributed by atoms with E-state index in [9.17, 15) is 13.2 Å². The number of ether oxygens (including phenoxy) is 1. The van der Waals surface area contributed by atoms with Crippen molar-refractivity contribution in [3.8, 4) is 5.75 Å². The summed E-state index contributed by atoms with van der Waals surface area (Å²) in [6, 6.07) is 9.67. The van der Waals surface area contributed by atoms with Gasteiger partial charge in [-0.3, -0.25) is 4.79 Å². The van der Waals surface area contributed by atoms with Gasteiger partial charge in [0.25, 0.3) is 0 Å². The van der Waals surface area contributed by atoms with Crippen molar-refractivity contribution < 1.29 is 17.9 Å². The summed E-state index contributed by atoms with van der Waals surface area (Å²) < 4.78 is 32.7. The van der Waals surface area contributed by atoms with Crippen molar-refractivity contribution in [1.82, 2.24) is 4.72 Å². The van der Waals surface area contributed by atoms with Crippen molar-refractivity contribution in [2.45, 2.75) is 32.2 Å². The van der Waals surface area contributed by atoms with Gasteiger partial charge in [-0.1, -0.05) is 18.2 Å². The molecule has 0 unspecified atom stereocenters. The number of methoxy groups -OCH3 is 1. The highest BCUT2D eigenvalue weighted by Gasteiger charge is 2.16. The van der Waals surface area contributed by atoms with Gasteiger partial charge in [0.05, 0.1) is 12.0 Å². The molecule has 5 nitrogen and oxygen atoms in total. The number of carbonyl (C=O) groups excluding carboxylic acids is 1. The fourth-order valence-corrected chi connectivity index (χ4v) is 3.31. The fourth-order valence-electron chi connectivity index (χ4n) is 2.30. The molecule has 24 heavy (non-hydrogen) atoms. The first-order valence-electron chi connectivity index (χ1n) is 7.49. The molecule has 0 atom stereocenters. The summed E-state index contributed by atoms with van der Waals surface area (Å²) >= 11 is 0.